The third kappa shape index (κ3) is 4.04. The first-order valence-corrected chi connectivity index (χ1v) is 11.3. The van der Waals surface area contributed by atoms with Crippen molar-refractivity contribution in [3.63, 3.8) is 0 Å². The largest absolute Gasteiger partial charge is 0.463 e. The number of anilines is 1. The predicted octanol–water partition coefficient (Wildman–Crippen LogP) is 5.02. The van der Waals surface area contributed by atoms with Crippen LogP contribution < -0.4 is 4.90 Å². The Bertz CT molecular complexity index is 1280. The molecule has 1 amide bonds. The average molecular weight is 441 g/mol. The molecule has 0 atom stereocenters. The minimum atomic E-state index is -0.00952. The van der Waals surface area contributed by atoms with Crippen LogP contribution in [0.15, 0.2) is 71.3 Å². The summed E-state index contributed by atoms with van der Waals surface area (Å²) in [5.41, 5.74) is 6.86. The van der Waals surface area contributed by atoms with Gasteiger partial charge in [-0.05, 0) is 56.2 Å². The van der Waals surface area contributed by atoms with Crippen molar-refractivity contribution in [3.05, 3.63) is 89.3 Å². The molecule has 33 heavy (non-hydrogen) atoms. The van der Waals surface area contributed by atoms with Crippen LogP contribution in [0, 0.1) is 20.8 Å². The fraction of sp³-hybridized carbons (Fsp3) is 0.259. The van der Waals surface area contributed by atoms with Crippen molar-refractivity contribution in [1.29, 1.82) is 0 Å². The number of carbonyl (C=O) groups excluding carboxylic acids is 1. The summed E-state index contributed by atoms with van der Waals surface area (Å²) >= 11 is 0. The Labute approximate surface area is 194 Å². The monoisotopic (exact) mass is 440 g/mol. The summed E-state index contributed by atoms with van der Waals surface area (Å²) in [6.07, 6.45) is 1.62. The van der Waals surface area contributed by atoms with E-state index < -0.39 is 0 Å². The van der Waals surface area contributed by atoms with Crippen LogP contribution in [-0.4, -0.2) is 46.8 Å². The van der Waals surface area contributed by atoms with Gasteiger partial charge in [-0.2, -0.15) is 5.10 Å². The van der Waals surface area contributed by atoms with Gasteiger partial charge in [0.25, 0.3) is 5.91 Å². The minimum Gasteiger partial charge on any atom is -0.463 e. The van der Waals surface area contributed by atoms with E-state index in [4.69, 9.17) is 9.52 Å². The fourth-order valence-electron chi connectivity index (χ4n) is 4.54. The number of carbonyl (C=O) groups is 1. The highest BCUT2D eigenvalue weighted by Crippen LogP contribution is 2.26. The molecular weight excluding hydrogens is 412 g/mol. The highest BCUT2D eigenvalue weighted by Gasteiger charge is 2.27. The van der Waals surface area contributed by atoms with Gasteiger partial charge in [0.1, 0.15) is 11.4 Å². The van der Waals surface area contributed by atoms with E-state index >= 15 is 0 Å². The Hall–Kier alpha value is -3.80. The van der Waals surface area contributed by atoms with Crippen molar-refractivity contribution in [2.45, 2.75) is 20.8 Å². The molecule has 4 aromatic rings. The molecule has 1 aliphatic rings. The summed E-state index contributed by atoms with van der Waals surface area (Å²) in [7, 11) is 0. The zero-order valence-corrected chi connectivity index (χ0v) is 19.3. The van der Waals surface area contributed by atoms with E-state index in [1.54, 1.807) is 10.9 Å². The van der Waals surface area contributed by atoms with Crippen molar-refractivity contribution in [1.82, 2.24) is 14.7 Å². The molecule has 2 aromatic heterocycles. The van der Waals surface area contributed by atoms with Crippen LogP contribution >= 0.6 is 0 Å². The summed E-state index contributed by atoms with van der Waals surface area (Å²) in [4.78, 5) is 18.0. The quantitative estimate of drug-likeness (QED) is 0.447. The second kappa shape index (κ2) is 8.62. The number of para-hydroxylation sites is 1. The van der Waals surface area contributed by atoms with Gasteiger partial charge in [-0.15, -0.1) is 0 Å². The van der Waals surface area contributed by atoms with Crippen molar-refractivity contribution >= 4 is 11.6 Å². The third-order valence-corrected chi connectivity index (χ3v) is 6.31. The van der Waals surface area contributed by atoms with Crippen molar-refractivity contribution in [2.75, 3.05) is 31.1 Å². The second-order valence-electron chi connectivity index (χ2n) is 8.66. The Morgan fingerprint density at radius 2 is 1.64 bits per heavy atom. The van der Waals surface area contributed by atoms with Crippen LogP contribution in [0.3, 0.4) is 0 Å². The molecule has 0 aliphatic carbocycles. The molecule has 6 heteroatoms. The normalized spacial score (nSPS) is 14.0. The zero-order valence-electron chi connectivity index (χ0n) is 19.3. The smallest absolute Gasteiger partial charge is 0.272 e. The summed E-state index contributed by atoms with van der Waals surface area (Å²) in [5.74, 6) is 0.640. The molecule has 5 rings (SSSR count). The SMILES string of the molecule is Cc1ccc(-n2nc(-c3ccco3)cc2C(=O)N2CCN(c3ccccc3C)CC2)c(C)c1. The van der Waals surface area contributed by atoms with Crippen molar-refractivity contribution < 1.29 is 9.21 Å². The molecule has 0 radical (unpaired) electrons. The molecule has 0 N–H and O–H groups in total. The van der Waals surface area contributed by atoms with Crippen LogP contribution in [-0.2, 0) is 0 Å². The number of benzene rings is 2. The molecule has 1 fully saturated rings. The molecule has 2 aromatic carbocycles. The van der Waals surface area contributed by atoms with Gasteiger partial charge in [0.15, 0.2) is 5.76 Å². The molecule has 0 spiro atoms. The molecule has 1 aliphatic heterocycles. The van der Waals surface area contributed by atoms with E-state index in [0.717, 1.165) is 24.3 Å². The van der Waals surface area contributed by atoms with E-state index in [1.807, 2.05) is 42.2 Å². The number of nitrogens with zero attached hydrogens (tertiary/aromatic N) is 4. The average Bonchev–Trinajstić information content (AvgIpc) is 3.49. The Morgan fingerprint density at radius 3 is 2.33 bits per heavy atom. The van der Waals surface area contributed by atoms with Gasteiger partial charge in [-0.1, -0.05) is 35.9 Å². The van der Waals surface area contributed by atoms with Crippen molar-refractivity contribution in [2.24, 2.45) is 0 Å². The minimum absolute atomic E-state index is 0.00952. The van der Waals surface area contributed by atoms with E-state index in [2.05, 4.69) is 49.1 Å². The molecule has 6 nitrogen and oxygen atoms in total. The molecule has 0 bridgehead atoms. The lowest BCUT2D eigenvalue weighted by molar-refractivity contribution is 0.0737. The van der Waals surface area contributed by atoms with Gasteiger partial charge >= 0.3 is 0 Å². The number of hydrogen-bond acceptors (Lipinski definition) is 4. The number of aromatic nitrogens is 2. The van der Waals surface area contributed by atoms with Gasteiger partial charge in [0.05, 0.1) is 12.0 Å². The number of hydrogen-bond donors (Lipinski definition) is 0. The summed E-state index contributed by atoms with van der Waals surface area (Å²) < 4.78 is 7.33. The molecular formula is C27H28N4O2. The first-order valence-electron chi connectivity index (χ1n) is 11.3. The first kappa shape index (κ1) is 21.1. The first-order chi connectivity index (χ1) is 16.0. The Balaban J connectivity index is 1.44. The lowest BCUT2D eigenvalue weighted by Crippen LogP contribution is -2.49. The molecule has 168 valence electrons. The standard InChI is InChI=1S/C27H28N4O2/c1-19-10-11-24(21(3)17-19)31-25(18-22(28-31)26-9-6-16-33-26)27(32)30-14-12-29(13-15-30)23-8-5-4-7-20(23)2/h4-11,16-18H,12-15H2,1-3H3. The number of piperazine rings is 1. The number of rotatable bonds is 4. The molecule has 3 heterocycles. The fourth-order valence-corrected chi connectivity index (χ4v) is 4.54. The van der Waals surface area contributed by atoms with Gasteiger partial charge < -0.3 is 14.2 Å². The van der Waals surface area contributed by atoms with Crippen LogP contribution in [0.25, 0.3) is 17.1 Å². The summed E-state index contributed by atoms with van der Waals surface area (Å²) in [6, 6.07) is 20.1. The Morgan fingerprint density at radius 1 is 0.848 bits per heavy atom. The highest BCUT2D eigenvalue weighted by atomic mass is 16.3. The topological polar surface area (TPSA) is 54.5 Å². The Kier molecular flexibility index (Phi) is 5.50. The third-order valence-electron chi connectivity index (χ3n) is 6.31. The summed E-state index contributed by atoms with van der Waals surface area (Å²) in [5, 5.41) is 4.77. The van der Waals surface area contributed by atoms with Gasteiger partial charge in [0.2, 0.25) is 0 Å². The maximum absolute atomic E-state index is 13.7. The maximum atomic E-state index is 13.7. The van der Waals surface area contributed by atoms with E-state index in [9.17, 15) is 4.79 Å². The predicted molar refractivity (Wildman–Crippen MR) is 130 cm³/mol. The number of amides is 1. The van der Waals surface area contributed by atoms with Crippen LogP contribution in [0.2, 0.25) is 0 Å². The van der Waals surface area contributed by atoms with Crippen LogP contribution in [0.4, 0.5) is 5.69 Å². The van der Waals surface area contributed by atoms with E-state index in [0.29, 0.717) is 30.2 Å². The second-order valence-corrected chi connectivity index (χ2v) is 8.66. The van der Waals surface area contributed by atoms with Gasteiger partial charge in [-0.3, -0.25) is 4.79 Å². The lowest BCUT2D eigenvalue weighted by atomic mass is 10.1. The molecule has 0 saturated carbocycles. The highest BCUT2D eigenvalue weighted by molar-refractivity contribution is 5.94. The molecule has 1 saturated heterocycles. The van der Waals surface area contributed by atoms with E-state index in [1.165, 1.54) is 16.8 Å². The molecule has 0 unspecified atom stereocenters. The number of aryl methyl sites for hydroxylation is 3. The number of furan rings is 1. The summed E-state index contributed by atoms with van der Waals surface area (Å²) in [6.45, 7) is 9.19. The zero-order chi connectivity index (χ0) is 22.9. The maximum Gasteiger partial charge on any atom is 0.272 e. The van der Waals surface area contributed by atoms with Crippen molar-refractivity contribution in [3.8, 4) is 17.1 Å². The van der Waals surface area contributed by atoms with Gasteiger partial charge in [-0.25, -0.2) is 4.68 Å². The lowest BCUT2D eigenvalue weighted by Gasteiger charge is -2.36. The van der Waals surface area contributed by atoms with E-state index in [-0.39, 0.29) is 5.91 Å². The van der Waals surface area contributed by atoms with Crippen LogP contribution in [0.1, 0.15) is 27.2 Å². The van der Waals surface area contributed by atoms with Crippen LogP contribution in [0.5, 0.6) is 0 Å². The van der Waals surface area contributed by atoms with Gasteiger partial charge in [0, 0.05) is 37.9 Å².